The fourth-order valence-corrected chi connectivity index (χ4v) is 3.07. The minimum absolute atomic E-state index is 0.187. The molecule has 2 atom stereocenters. The first-order valence-corrected chi connectivity index (χ1v) is 7.47. The predicted molar refractivity (Wildman–Crippen MR) is 77.6 cm³/mol. The average molecular weight is 274 g/mol. The van der Waals surface area contributed by atoms with Crippen molar-refractivity contribution in [3.8, 4) is 0 Å². The van der Waals surface area contributed by atoms with E-state index in [1.807, 2.05) is 11.0 Å². The van der Waals surface area contributed by atoms with Gasteiger partial charge in [-0.05, 0) is 12.0 Å². The van der Waals surface area contributed by atoms with Gasteiger partial charge in [-0.25, -0.2) is 0 Å². The molecule has 2 fully saturated rings. The van der Waals surface area contributed by atoms with E-state index in [4.69, 9.17) is 4.74 Å². The number of hydrogen-bond donors (Lipinski definition) is 1. The molecule has 0 bridgehead atoms. The Kier molecular flexibility index (Phi) is 4.33. The number of benzene rings is 1. The van der Waals surface area contributed by atoms with Crippen molar-refractivity contribution in [1.29, 1.82) is 0 Å². The standard InChI is InChI=1S/C16H22N2O2/c19-16(10-15-12-20-9-7-17-15)18-8-6-14(11-18)13-4-2-1-3-5-13/h1-5,14-15,17H,6-12H2. The largest absolute Gasteiger partial charge is 0.378 e. The molecule has 3 rings (SSSR count). The van der Waals surface area contributed by atoms with Gasteiger partial charge >= 0.3 is 0 Å². The zero-order valence-electron chi connectivity index (χ0n) is 11.8. The Bertz CT molecular complexity index is 443. The van der Waals surface area contributed by atoms with E-state index in [2.05, 4.69) is 29.6 Å². The molecule has 1 aromatic rings. The van der Waals surface area contributed by atoms with Gasteiger partial charge in [0, 0.05) is 38.0 Å². The van der Waals surface area contributed by atoms with Crippen LogP contribution in [0.2, 0.25) is 0 Å². The van der Waals surface area contributed by atoms with Gasteiger partial charge in [0.2, 0.25) is 5.91 Å². The molecular weight excluding hydrogens is 252 g/mol. The van der Waals surface area contributed by atoms with Gasteiger partial charge in [0.15, 0.2) is 0 Å². The summed E-state index contributed by atoms with van der Waals surface area (Å²) in [6.45, 7) is 4.00. The van der Waals surface area contributed by atoms with E-state index in [0.29, 0.717) is 18.9 Å². The zero-order chi connectivity index (χ0) is 13.8. The lowest BCUT2D eigenvalue weighted by Crippen LogP contribution is -2.44. The van der Waals surface area contributed by atoms with Crippen LogP contribution in [0.15, 0.2) is 30.3 Å². The van der Waals surface area contributed by atoms with E-state index in [1.165, 1.54) is 5.56 Å². The van der Waals surface area contributed by atoms with E-state index < -0.39 is 0 Å². The fraction of sp³-hybridized carbons (Fsp3) is 0.562. The van der Waals surface area contributed by atoms with Gasteiger partial charge in [0.25, 0.3) is 0 Å². The highest BCUT2D eigenvalue weighted by molar-refractivity contribution is 5.77. The summed E-state index contributed by atoms with van der Waals surface area (Å²) in [7, 11) is 0. The molecule has 1 N–H and O–H groups in total. The smallest absolute Gasteiger partial charge is 0.224 e. The van der Waals surface area contributed by atoms with Crippen molar-refractivity contribution >= 4 is 5.91 Å². The summed E-state index contributed by atoms with van der Waals surface area (Å²) < 4.78 is 5.40. The second kappa shape index (κ2) is 6.37. The Morgan fingerprint density at radius 2 is 2.20 bits per heavy atom. The molecule has 2 aliphatic rings. The van der Waals surface area contributed by atoms with Crippen LogP contribution in [0.25, 0.3) is 0 Å². The number of hydrogen-bond acceptors (Lipinski definition) is 3. The number of ether oxygens (including phenoxy) is 1. The molecule has 1 amide bonds. The molecule has 2 aliphatic heterocycles. The van der Waals surface area contributed by atoms with Crippen LogP contribution < -0.4 is 5.32 Å². The summed E-state index contributed by atoms with van der Waals surface area (Å²) in [6.07, 6.45) is 1.63. The molecule has 4 heteroatoms. The first-order valence-electron chi connectivity index (χ1n) is 7.47. The molecule has 108 valence electrons. The van der Waals surface area contributed by atoms with Crippen molar-refractivity contribution in [2.45, 2.75) is 24.8 Å². The number of carbonyl (C=O) groups excluding carboxylic acids is 1. The van der Waals surface area contributed by atoms with Gasteiger partial charge in [0.05, 0.1) is 13.2 Å². The normalized spacial score (nSPS) is 26.7. The molecule has 4 nitrogen and oxygen atoms in total. The first kappa shape index (κ1) is 13.6. The van der Waals surface area contributed by atoms with Crippen LogP contribution in [-0.4, -0.2) is 49.7 Å². The molecule has 1 aromatic carbocycles. The predicted octanol–water partition coefficient (Wildman–Crippen LogP) is 1.38. The molecule has 0 saturated carbocycles. The number of nitrogens with zero attached hydrogens (tertiary/aromatic N) is 1. The summed E-state index contributed by atoms with van der Waals surface area (Å²) in [5, 5.41) is 3.34. The number of morpholine rings is 1. The number of rotatable bonds is 3. The van der Waals surface area contributed by atoms with Gasteiger partial charge in [-0.3, -0.25) is 4.79 Å². The summed E-state index contributed by atoms with van der Waals surface area (Å²) in [5.74, 6) is 0.752. The van der Waals surface area contributed by atoms with Crippen LogP contribution in [0.4, 0.5) is 0 Å². The second-order valence-corrected chi connectivity index (χ2v) is 5.67. The minimum atomic E-state index is 0.187. The van der Waals surface area contributed by atoms with Gasteiger partial charge < -0.3 is 15.0 Å². The van der Waals surface area contributed by atoms with Gasteiger partial charge in [-0.2, -0.15) is 0 Å². The highest BCUT2D eigenvalue weighted by Crippen LogP contribution is 2.27. The van der Waals surface area contributed by atoms with E-state index >= 15 is 0 Å². The van der Waals surface area contributed by atoms with Crippen molar-refractivity contribution < 1.29 is 9.53 Å². The van der Waals surface area contributed by atoms with Gasteiger partial charge in [-0.1, -0.05) is 30.3 Å². The van der Waals surface area contributed by atoms with Crippen LogP contribution in [0, 0.1) is 0 Å². The molecule has 0 aliphatic carbocycles. The minimum Gasteiger partial charge on any atom is -0.378 e. The molecule has 20 heavy (non-hydrogen) atoms. The highest BCUT2D eigenvalue weighted by atomic mass is 16.5. The van der Waals surface area contributed by atoms with Crippen LogP contribution in [0.3, 0.4) is 0 Å². The Morgan fingerprint density at radius 3 is 2.95 bits per heavy atom. The summed E-state index contributed by atoms with van der Waals surface area (Å²) in [5.41, 5.74) is 1.35. The SMILES string of the molecule is O=C(CC1COCCN1)N1CCC(c2ccccc2)C1. The summed E-state index contributed by atoms with van der Waals surface area (Å²) in [6, 6.07) is 10.7. The first-order chi connectivity index (χ1) is 9.83. The van der Waals surface area contributed by atoms with Crippen LogP contribution in [0.1, 0.15) is 24.3 Å². The third-order valence-electron chi connectivity index (χ3n) is 4.23. The molecule has 0 radical (unpaired) electrons. The molecule has 2 heterocycles. The lowest BCUT2D eigenvalue weighted by molar-refractivity contribution is -0.131. The topological polar surface area (TPSA) is 41.6 Å². The maximum absolute atomic E-state index is 12.3. The Hall–Kier alpha value is -1.39. The maximum Gasteiger partial charge on any atom is 0.224 e. The lowest BCUT2D eigenvalue weighted by atomic mass is 9.99. The summed E-state index contributed by atoms with van der Waals surface area (Å²) >= 11 is 0. The van der Waals surface area contributed by atoms with E-state index in [9.17, 15) is 4.79 Å². The van der Waals surface area contributed by atoms with Crippen molar-refractivity contribution in [2.75, 3.05) is 32.8 Å². The number of likely N-dealkylation sites (tertiary alicyclic amines) is 1. The highest BCUT2D eigenvalue weighted by Gasteiger charge is 2.28. The van der Waals surface area contributed by atoms with E-state index in [1.54, 1.807) is 0 Å². The molecule has 2 saturated heterocycles. The number of nitrogens with one attached hydrogen (secondary N) is 1. The van der Waals surface area contributed by atoms with Crippen molar-refractivity contribution in [3.05, 3.63) is 35.9 Å². The number of carbonyl (C=O) groups is 1. The van der Waals surface area contributed by atoms with Crippen LogP contribution in [-0.2, 0) is 9.53 Å². The van der Waals surface area contributed by atoms with Gasteiger partial charge in [-0.15, -0.1) is 0 Å². The summed E-state index contributed by atoms with van der Waals surface area (Å²) in [4.78, 5) is 14.3. The fourth-order valence-electron chi connectivity index (χ4n) is 3.07. The maximum atomic E-state index is 12.3. The van der Waals surface area contributed by atoms with Crippen molar-refractivity contribution in [2.24, 2.45) is 0 Å². The molecule has 0 aromatic heterocycles. The third-order valence-corrected chi connectivity index (χ3v) is 4.23. The third kappa shape index (κ3) is 3.19. The molecular formula is C16H22N2O2. The average Bonchev–Trinajstić information content (AvgIpc) is 2.99. The Balaban J connectivity index is 1.53. The molecule has 2 unspecified atom stereocenters. The second-order valence-electron chi connectivity index (χ2n) is 5.67. The van der Waals surface area contributed by atoms with E-state index in [0.717, 1.165) is 32.7 Å². The zero-order valence-corrected chi connectivity index (χ0v) is 11.8. The Morgan fingerprint density at radius 1 is 1.35 bits per heavy atom. The van der Waals surface area contributed by atoms with Gasteiger partial charge in [0.1, 0.15) is 0 Å². The van der Waals surface area contributed by atoms with Crippen molar-refractivity contribution in [1.82, 2.24) is 10.2 Å². The van der Waals surface area contributed by atoms with Crippen LogP contribution >= 0.6 is 0 Å². The molecule has 0 spiro atoms. The van der Waals surface area contributed by atoms with E-state index in [-0.39, 0.29) is 11.9 Å². The number of amides is 1. The Labute approximate surface area is 120 Å². The monoisotopic (exact) mass is 274 g/mol. The van der Waals surface area contributed by atoms with Crippen molar-refractivity contribution in [3.63, 3.8) is 0 Å². The van der Waals surface area contributed by atoms with Crippen LogP contribution in [0.5, 0.6) is 0 Å². The quantitative estimate of drug-likeness (QED) is 0.905. The lowest BCUT2D eigenvalue weighted by Gasteiger charge is -2.25.